The average molecular weight is 360 g/mol. The van der Waals surface area contributed by atoms with Gasteiger partial charge in [0, 0.05) is 4.47 Å². The van der Waals surface area contributed by atoms with Gasteiger partial charge < -0.3 is 0 Å². The van der Waals surface area contributed by atoms with E-state index in [0.717, 1.165) is 22.4 Å². The van der Waals surface area contributed by atoms with E-state index in [2.05, 4.69) is 66.0 Å². The number of nitrogens with two attached hydrogens (primary N) is 1. The van der Waals surface area contributed by atoms with Crippen LogP contribution in [0.25, 0.3) is 0 Å². The molecular weight excluding hydrogens is 336 g/mol. The maximum absolute atomic E-state index is 6.23. The molecule has 0 radical (unpaired) electrons. The van der Waals surface area contributed by atoms with Gasteiger partial charge in [0.15, 0.2) is 0 Å². The van der Waals surface area contributed by atoms with Gasteiger partial charge in [-0.25, -0.2) is 4.99 Å². The highest BCUT2D eigenvalue weighted by molar-refractivity contribution is 9.10. The smallest absolute Gasteiger partial charge is 0.252 e. The Morgan fingerprint density at radius 3 is 2.14 bits per heavy atom. The first-order valence-electron chi connectivity index (χ1n) is 7.69. The monoisotopic (exact) mass is 359 g/mol. The van der Waals surface area contributed by atoms with Gasteiger partial charge in [-0.3, -0.25) is 5.73 Å². The molecule has 2 nitrogen and oxygen atoms in total. The summed E-state index contributed by atoms with van der Waals surface area (Å²) >= 11 is 3.44. The van der Waals surface area contributed by atoms with E-state index in [1.54, 1.807) is 0 Å². The third kappa shape index (κ3) is 4.70. The second-order valence-corrected chi connectivity index (χ2v) is 7.06. The summed E-state index contributed by atoms with van der Waals surface area (Å²) in [6.45, 7) is 6.60. The Labute approximate surface area is 141 Å². The van der Waals surface area contributed by atoms with Gasteiger partial charge in [0.1, 0.15) is 5.69 Å². The van der Waals surface area contributed by atoms with Gasteiger partial charge >= 0.3 is 0 Å². The lowest BCUT2D eigenvalue weighted by Gasteiger charge is -2.10. The van der Waals surface area contributed by atoms with Crippen LogP contribution in [-0.2, 0) is 6.42 Å². The van der Waals surface area contributed by atoms with Crippen LogP contribution < -0.4 is 10.7 Å². The minimum absolute atomic E-state index is 0.164. The van der Waals surface area contributed by atoms with E-state index in [0.29, 0.717) is 5.92 Å². The molecule has 3 N–H and O–H groups in total. The molecule has 0 aliphatic heterocycles. The lowest BCUT2D eigenvalue weighted by atomic mass is 9.96. The number of rotatable bonds is 5. The topological polar surface area (TPSA) is 40.0 Å². The summed E-state index contributed by atoms with van der Waals surface area (Å²) in [5, 5.41) is 0. The summed E-state index contributed by atoms with van der Waals surface area (Å²) in [6, 6.07) is 16.8. The average Bonchev–Trinajstić information content (AvgIpc) is 2.49. The van der Waals surface area contributed by atoms with Crippen molar-refractivity contribution in [2.75, 3.05) is 0 Å². The minimum Gasteiger partial charge on any atom is -0.290 e. The number of hydrogen-bond acceptors (Lipinski definition) is 0. The van der Waals surface area contributed by atoms with Crippen LogP contribution in [0.3, 0.4) is 0 Å². The van der Waals surface area contributed by atoms with Crippen LogP contribution in [0.2, 0.25) is 0 Å². The summed E-state index contributed by atoms with van der Waals surface area (Å²) in [4.78, 5) is 3.29. The maximum Gasteiger partial charge on any atom is 0.252 e. The first-order valence-corrected chi connectivity index (χ1v) is 8.48. The minimum atomic E-state index is 0.164. The summed E-state index contributed by atoms with van der Waals surface area (Å²) in [5.41, 5.74) is 9.85. The van der Waals surface area contributed by atoms with E-state index >= 15 is 0 Å². The molecule has 0 aromatic heterocycles. The van der Waals surface area contributed by atoms with Gasteiger partial charge in [0.2, 0.25) is 0 Å². The van der Waals surface area contributed by atoms with Crippen LogP contribution in [0, 0.1) is 5.92 Å². The number of benzene rings is 2. The Kier molecular flexibility index (Phi) is 5.78. The van der Waals surface area contributed by atoms with Crippen LogP contribution >= 0.6 is 15.9 Å². The fourth-order valence-corrected chi connectivity index (χ4v) is 2.67. The van der Waals surface area contributed by atoms with Crippen molar-refractivity contribution in [3.05, 3.63) is 64.1 Å². The molecular formula is C19H24BrN2+. The molecule has 116 valence electrons. The summed E-state index contributed by atoms with van der Waals surface area (Å²) < 4.78 is 1.06. The van der Waals surface area contributed by atoms with Crippen molar-refractivity contribution in [2.24, 2.45) is 11.7 Å². The zero-order valence-corrected chi connectivity index (χ0v) is 15.0. The number of amidine groups is 1. The predicted molar refractivity (Wildman–Crippen MR) is 97.4 cm³/mol. The van der Waals surface area contributed by atoms with E-state index in [-0.39, 0.29) is 5.92 Å². The molecule has 0 amide bonds. The highest BCUT2D eigenvalue weighted by Crippen LogP contribution is 2.17. The molecule has 0 unspecified atom stereocenters. The molecule has 22 heavy (non-hydrogen) atoms. The molecule has 2 rings (SSSR count). The first kappa shape index (κ1) is 16.8. The van der Waals surface area contributed by atoms with E-state index in [1.807, 2.05) is 24.3 Å². The van der Waals surface area contributed by atoms with E-state index in [4.69, 9.17) is 5.73 Å². The normalized spacial score (nSPS) is 13.4. The highest BCUT2D eigenvalue weighted by atomic mass is 79.9. The van der Waals surface area contributed by atoms with Gasteiger partial charge in [-0.15, -0.1) is 0 Å². The fraction of sp³-hybridized carbons (Fsp3) is 0.316. The van der Waals surface area contributed by atoms with Crippen LogP contribution in [0.5, 0.6) is 0 Å². The zero-order valence-electron chi connectivity index (χ0n) is 13.4. The Morgan fingerprint density at radius 2 is 1.59 bits per heavy atom. The third-order valence-electron chi connectivity index (χ3n) is 3.72. The molecule has 0 fully saturated rings. The molecule has 0 spiro atoms. The van der Waals surface area contributed by atoms with E-state index < -0.39 is 0 Å². The van der Waals surface area contributed by atoms with Crippen LogP contribution in [0.1, 0.15) is 37.8 Å². The van der Waals surface area contributed by atoms with Crippen molar-refractivity contribution < 1.29 is 4.99 Å². The second-order valence-electron chi connectivity index (χ2n) is 6.15. The second kappa shape index (κ2) is 7.59. The van der Waals surface area contributed by atoms with Crippen LogP contribution in [0.4, 0.5) is 5.69 Å². The highest BCUT2D eigenvalue weighted by Gasteiger charge is 2.15. The van der Waals surface area contributed by atoms with E-state index in [9.17, 15) is 0 Å². The van der Waals surface area contributed by atoms with Gasteiger partial charge in [-0.1, -0.05) is 54.0 Å². The van der Waals surface area contributed by atoms with Crippen molar-refractivity contribution in [3.8, 4) is 0 Å². The molecule has 0 saturated carbocycles. The summed E-state index contributed by atoms with van der Waals surface area (Å²) in [7, 11) is 0. The van der Waals surface area contributed by atoms with Crippen molar-refractivity contribution in [1.82, 2.24) is 0 Å². The zero-order chi connectivity index (χ0) is 16.1. The lowest BCUT2D eigenvalue weighted by molar-refractivity contribution is -0.357. The molecule has 1 atom stereocenters. The quantitative estimate of drug-likeness (QED) is 0.622. The predicted octanol–water partition coefficient (Wildman–Crippen LogP) is 3.52. The molecule has 0 aliphatic rings. The Bertz CT molecular complexity index is 627. The lowest BCUT2D eigenvalue weighted by Crippen LogP contribution is -2.70. The Balaban J connectivity index is 2.12. The molecule has 0 saturated heterocycles. The van der Waals surface area contributed by atoms with Crippen molar-refractivity contribution in [2.45, 2.75) is 33.1 Å². The largest absolute Gasteiger partial charge is 0.290 e. The molecule has 0 bridgehead atoms. The number of hydrogen-bond donors (Lipinski definition) is 2. The molecule has 2 aromatic rings. The molecule has 0 heterocycles. The molecule has 3 heteroatoms. The van der Waals surface area contributed by atoms with Crippen molar-refractivity contribution >= 4 is 27.5 Å². The van der Waals surface area contributed by atoms with Gasteiger partial charge in [-0.2, -0.15) is 0 Å². The Hall–Kier alpha value is -1.61. The SMILES string of the molecule is CC(C)Cc1ccc([C@@H](C)C(N)=[NH+]c2ccc(Br)cc2)cc1. The van der Waals surface area contributed by atoms with Crippen LogP contribution in [0.15, 0.2) is 53.0 Å². The number of nitrogens with one attached hydrogen (secondary N) is 1. The summed E-state index contributed by atoms with van der Waals surface area (Å²) in [6.07, 6.45) is 1.12. The third-order valence-corrected chi connectivity index (χ3v) is 4.25. The number of halogens is 1. The standard InChI is InChI=1S/C19H23BrN2/c1-13(2)12-15-4-6-16(7-5-15)14(3)19(21)22-18-10-8-17(20)9-11-18/h4-11,13-14H,12H2,1-3H3,(H2,21,22)/p+1/t14-/m1/s1. The van der Waals surface area contributed by atoms with Crippen LogP contribution in [-0.4, -0.2) is 5.84 Å². The van der Waals surface area contributed by atoms with Crippen molar-refractivity contribution in [3.63, 3.8) is 0 Å². The van der Waals surface area contributed by atoms with Gasteiger partial charge in [-0.05, 0) is 54.7 Å². The molecule has 0 aliphatic carbocycles. The van der Waals surface area contributed by atoms with Gasteiger partial charge in [0.05, 0.1) is 5.92 Å². The van der Waals surface area contributed by atoms with E-state index in [1.165, 1.54) is 11.1 Å². The Morgan fingerprint density at radius 1 is 1.00 bits per heavy atom. The summed E-state index contributed by atoms with van der Waals surface area (Å²) in [5.74, 6) is 1.61. The van der Waals surface area contributed by atoms with Gasteiger partial charge in [0.25, 0.3) is 5.84 Å². The fourth-order valence-electron chi connectivity index (χ4n) is 2.40. The first-order chi connectivity index (χ1) is 10.5. The van der Waals surface area contributed by atoms with Crippen molar-refractivity contribution in [1.29, 1.82) is 0 Å². The molecule has 2 aromatic carbocycles. The maximum atomic E-state index is 6.23.